The van der Waals surface area contributed by atoms with Gasteiger partial charge in [0.05, 0.1) is 12.2 Å². The van der Waals surface area contributed by atoms with Gasteiger partial charge < -0.3 is 9.84 Å². The molecule has 1 aliphatic carbocycles. The molecule has 0 aliphatic heterocycles. The highest BCUT2D eigenvalue weighted by atomic mass is 16.5. The minimum absolute atomic E-state index is 0.474. The van der Waals surface area contributed by atoms with E-state index in [2.05, 4.69) is 49.3 Å². The summed E-state index contributed by atoms with van der Waals surface area (Å²) in [4.78, 5) is 2.42. The van der Waals surface area contributed by atoms with Crippen molar-refractivity contribution in [1.29, 1.82) is 0 Å². The lowest BCUT2D eigenvalue weighted by molar-refractivity contribution is 0.150. The molecule has 0 radical (unpaired) electrons. The van der Waals surface area contributed by atoms with Crippen molar-refractivity contribution in [3.63, 3.8) is 0 Å². The van der Waals surface area contributed by atoms with Crippen LogP contribution in [0.4, 0.5) is 0 Å². The third kappa shape index (κ3) is 4.60. The molecule has 0 spiro atoms. The Kier molecular flexibility index (Phi) is 5.61. The first kappa shape index (κ1) is 15.5. The number of rotatable bonds is 6. The van der Waals surface area contributed by atoms with Gasteiger partial charge in [-0.1, -0.05) is 25.9 Å². The highest BCUT2D eigenvalue weighted by Crippen LogP contribution is 2.27. The van der Waals surface area contributed by atoms with Crippen molar-refractivity contribution in [3.8, 4) is 0 Å². The van der Waals surface area contributed by atoms with Crippen LogP contribution in [0.1, 0.15) is 57.9 Å². The van der Waals surface area contributed by atoms with Crippen LogP contribution >= 0.6 is 0 Å². The summed E-state index contributed by atoms with van der Waals surface area (Å²) in [6, 6.07) is 3.26. The van der Waals surface area contributed by atoms with Crippen LogP contribution in [0.5, 0.6) is 0 Å². The molecule has 0 bridgehead atoms. The van der Waals surface area contributed by atoms with E-state index in [1.165, 1.54) is 25.7 Å². The summed E-state index contributed by atoms with van der Waals surface area (Å²) in [7, 11) is 2.20. The average molecular weight is 279 g/mol. The molecule has 1 N–H and O–H groups in total. The molecule has 1 aliphatic rings. The Bertz CT molecular complexity index is 394. The first-order valence-corrected chi connectivity index (χ1v) is 7.92. The van der Waals surface area contributed by atoms with Crippen molar-refractivity contribution < 1.29 is 4.52 Å². The van der Waals surface area contributed by atoms with E-state index < -0.39 is 0 Å². The van der Waals surface area contributed by atoms with Crippen molar-refractivity contribution in [2.75, 3.05) is 7.05 Å². The topological polar surface area (TPSA) is 41.3 Å². The van der Waals surface area contributed by atoms with Crippen LogP contribution in [0.2, 0.25) is 0 Å². The Hall–Kier alpha value is -0.870. The predicted molar refractivity (Wildman–Crippen MR) is 81.4 cm³/mol. The zero-order valence-corrected chi connectivity index (χ0v) is 13.4. The molecule has 114 valence electrons. The van der Waals surface area contributed by atoms with Crippen LogP contribution in [0, 0.1) is 5.92 Å². The Morgan fingerprint density at radius 3 is 2.70 bits per heavy atom. The number of hydrogen-bond donors (Lipinski definition) is 1. The van der Waals surface area contributed by atoms with Crippen molar-refractivity contribution in [2.45, 2.75) is 71.6 Å². The minimum atomic E-state index is 0.474. The fraction of sp³-hybridized carbons (Fsp3) is 0.812. The van der Waals surface area contributed by atoms with Gasteiger partial charge >= 0.3 is 0 Å². The Labute approximate surface area is 122 Å². The zero-order chi connectivity index (χ0) is 14.5. The maximum atomic E-state index is 5.45. The second kappa shape index (κ2) is 7.23. The average Bonchev–Trinajstić information content (AvgIpc) is 2.84. The van der Waals surface area contributed by atoms with E-state index in [-0.39, 0.29) is 0 Å². The molecule has 4 heteroatoms. The van der Waals surface area contributed by atoms with Crippen molar-refractivity contribution >= 4 is 0 Å². The highest BCUT2D eigenvalue weighted by Gasteiger charge is 2.22. The molecule has 1 saturated carbocycles. The van der Waals surface area contributed by atoms with E-state index >= 15 is 0 Å². The Morgan fingerprint density at radius 1 is 1.35 bits per heavy atom. The van der Waals surface area contributed by atoms with E-state index in [0.29, 0.717) is 12.1 Å². The van der Waals surface area contributed by atoms with E-state index in [4.69, 9.17) is 4.52 Å². The molecular weight excluding hydrogens is 250 g/mol. The third-order valence-corrected chi connectivity index (χ3v) is 4.31. The van der Waals surface area contributed by atoms with Gasteiger partial charge in [-0.25, -0.2) is 0 Å². The van der Waals surface area contributed by atoms with Gasteiger partial charge in [0.1, 0.15) is 0 Å². The smallest absolute Gasteiger partial charge is 0.151 e. The van der Waals surface area contributed by atoms with Gasteiger partial charge in [0, 0.05) is 24.7 Å². The molecule has 1 heterocycles. The van der Waals surface area contributed by atoms with E-state index in [9.17, 15) is 0 Å². The van der Waals surface area contributed by atoms with E-state index in [0.717, 1.165) is 30.5 Å². The largest absolute Gasteiger partial charge is 0.360 e. The monoisotopic (exact) mass is 279 g/mol. The first-order valence-electron chi connectivity index (χ1n) is 7.92. The van der Waals surface area contributed by atoms with Crippen LogP contribution in [-0.4, -0.2) is 29.2 Å². The second-order valence-electron chi connectivity index (χ2n) is 6.65. The van der Waals surface area contributed by atoms with Gasteiger partial charge in [0.25, 0.3) is 0 Å². The summed E-state index contributed by atoms with van der Waals surface area (Å²) in [6.45, 7) is 8.29. The van der Waals surface area contributed by atoms with Crippen LogP contribution in [0.25, 0.3) is 0 Å². The third-order valence-electron chi connectivity index (χ3n) is 4.31. The van der Waals surface area contributed by atoms with Crippen LogP contribution in [-0.2, 0) is 13.1 Å². The van der Waals surface area contributed by atoms with Crippen LogP contribution in [0.3, 0.4) is 0 Å². The van der Waals surface area contributed by atoms with Crippen LogP contribution < -0.4 is 5.32 Å². The standard InChI is InChI=1S/C16H29N3O/c1-12(2)17-10-14-9-16(20-18-14)11-19(4)15-7-5-13(3)6-8-15/h9,12-13,15,17H,5-8,10-11H2,1-4H3. The van der Waals surface area contributed by atoms with Gasteiger partial charge in [-0.3, -0.25) is 4.90 Å². The molecule has 2 rings (SSSR count). The lowest BCUT2D eigenvalue weighted by Crippen LogP contribution is -2.34. The maximum Gasteiger partial charge on any atom is 0.151 e. The normalized spacial score (nSPS) is 23.7. The molecule has 1 fully saturated rings. The molecule has 1 aromatic heterocycles. The Balaban J connectivity index is 1.80. The highest BCUT2D eigenvalue weighted by molar-refractivity contribution is 5.05. The molecular formula is C16H29N3O. The predicted octanol–water partition coefficient (Wildman–Crippen LogP) is 3.18. The quantitative estimate of drug-likeness (QED) is 0.868. The van der Waals surface area contributed by atoms with Crippen LogP contribution in [0.15, 0.2) is 10.6 Å². The number of hydrogen-bond acceptors (Lipinski definition) is 4. The van der Waals surface area contributed by atoms with Crippen molar-refractivity contribution in [2.24, 2.45) is 5.92 Å². The summed E-state index contributed by atoms with van der Waals surface area (Å²) >= 11 is 0. The summed E-state index contributed by atoms with van der Waals surface area (Å²) in [5, 5.41) is 7.49. The van der Waals surface area contributed by atoms with Gasteiger partial charge in [-0.2, -0.15) is 0 Å². The van der Waals surface area contributed by atoms with Gasteiger partial charge in [0.2, 0.25) is 0 Å². The van der Waals surface area contributed by atoms with Gasteiger partial charge in [-0.15, -0.1) is 0 Å². The zero-order valence-electron chi connectivity index (χ0n) is 13.4. The first-order chi connectivity index (χ1) is 9.54. The number of nitrogens with one attached hydrogen (secondary N) is 1. The fourth-order valence-corrected chi connectivity index (χ4v) is 2.88. The maximum absolute atomic E-state index is 5.45. The second-order valence-corrected chi connectivity index (χ2v) is 6.65. The van der Waals surface area contributed by atoms with Crippen molar-refractivity contribution in [3.05, 3.63) is 17.5 Å². The Morgan fingerprint density at radius 2 is 2.05 bits per heavy atom. The summed E-state index contributed by atoms with van der Waals surface area (Å²) < 4.78 is 5.45. The molecule has 0 aromatic carbocycles. The summed E-state index contributed by atoms with van der Waals surface area (Å²) in [5.41, 5.74) is 0.999. The van der Waals surface area contributed by atoms with Gasteiger partial charge in [0.15, 0.2) is 5.76 Å². The lowest BCUT2D eigenvalue weighted by atomic mass is 9.87. The SMILES string of the molecule is CC1CCC(N(C)Cc2cc(CNC(C)C)no2)CC1. The van der Waals surface area contributed by atoms with Gasteiger partial charge in [-0.05, 0) is 38.6 Å². The fourth-order valence-electron chi connectivity index (χ4n) is 2.88. The molecule has 0 amide bonds. The molecule has 0 saturated heterocycles. The molecule has 4 nitrogen and oxygen atoms in total. The minimum Gasteiger partial charge on any atom is -0.360 e. The molecule has 1 aromatic rings. The summed E-state index contributed by atoms with van der Waals surface area (Å²) in [6.07, 6.45) is 5.34. The van der Waals surface area contributed by atoms with Crippen molar-refractivity contribution in [1.82, 2.24) is 15.4 Å². The molecule has 0 atom stereocenters. The van der Waals surface area contributed by atoms with E-state index in [1.54, 1.807) is 0 Å². The number of aromatic nitrogens is 1. The molecule has 0 unspecified atom stereocenters. The lowest BCUT2D eigenvalue weighted by Gasteiger charge is -2.32. The number of nitrogens with zero attached hydrogens (tertiary/aromatic N) is 2. The van der Waals surface area contributed by atoms with E-state index in [1.807, 2.05) is 0 Å². The summed E-state index contributed by atoms with van der Waals surface area (Å²) in [5.74, 6) is 1.88. The molecule has 20 heavy (non-hydrogen) atoms.